The highest BCUT2D eigenvalue weighted by Gasteiger charge is 2.28. The van der Waals surface area contributed by atoms with E-state index in [1.807, 2.05) is 38.0 Å². The molecule has 1 fully saturated rings. The second-order valence-corrected chi connectivity index (χ2v) is 6.64. The molecule has 1 atom stereocenters. The van der Waals surface area contributed by atoms with E-state index < -0.39 is 0 Å². The number of rotatable bonds is 4. The van der Waals surface area contributed by atoms with Crippen molar-refractivity contribution in [1.29, 1.82) is 0 Å². The maximum absolute atomic E-state index is 5.28. The Morgan fingerprint density at radius 2 is 2.16 bits per heavy atom. The van der Waals surface area contributed by atoms with E-state index in [1.54, 1.807) is 6.20 Å². The Balaban J connectivity index is 1.61. The van der Waals surface area contributed by atoms with Crippen LogP contribution in [0.25, 0.3) is 11.3 Å². The monoisotopic (exact) mass is 338 g/mol. The number of hydrogen-bond acceptors (Lipinski definition) is 6. The summed E-state index contributed by atoms with van der Waals surface area (Å²) in [4.78, 5) is 11.8. The second kappa shape index (κ2) is 6.40. The first-order valence-electron chi connectivity index (χ1n) is 8.59. The molecule has 1 aliphatic rings. The molecular weight excluding hydrogens is 316 g/mol. The molecule has 3 aromatic heterocycles. The fraction of sp³-hybridized carbons (Fsp3) is 0.444. The van der Waals surface area contributed by atoms with E-state index in [-0.39, 0.29) is 6.04 Å². The largest absolute Gasteiger partial charge is 0.361 e. The Bertz CT molecular complexity index is 864. The normalized spacial score (nSPS) is 18.1. The van der Waals surface area contributed by atoms with Crippen LogP contribution in [0.5, 0.6) is 0 Å². The Labute approximate surface area is 146 Å². The van der Waals surface area contributed by atoms with Crippen LogP contribution in [0.3, 0.4) is 0 Å². The third-order valence-electron chi connectivity index (χ3n) is 4.78. The van der Waals surface area contributed by atoms with Gasteiger partial charge in [-0.15, -0.1) is 0 Å². The van der Waals surface area contributed by atoms with Crippen molar-refractivity contribution in [2.75, 3.05) is 6.54 Å². The summed E-state index contributed by atoms with van der Waals surface area (Å²) in [5, 5.41) is 8.53. The molecule has 1 unspecified atom stereocenters. The molecule has 4 heterocycles. The fourth-order valence-corrected chi connectivity index (χ4v) is 3.62. The number of likely N-dealkylation sites (tertiary alicyclic amines) is 1. The molecule has 7 nitrogen and oxygen atoms in total. The van der Waals surface area contributed by atoms with Crippen molar-refractivity contribution in [2.45, 2.75) is 39.3 Å². The molecule has 0 N–H and O–H groups in total. The van der Waals surface area contributed by atoms with Gasteiger partial charge in [-0.1, -0.05) is 5.16 Å². The third-order valence-corrected chi connectivity index (χ3v) is 4.78. The molecule has 7 heteroatoms. The summed E-state index contributed by atoms with van der Waals surface area (Å²) in [5.41, 5.74) is 4.72. The molecule has 0 amide bonds. The average molecular weight is 338 g/mol. The molecule has 3 aromatic rings. The minimum atomic E-state index is 0.273. The second-order valence-electron chi connectivity index (χ2n) is 6.64. The van der Waals surface area contributed by atoms with Gasteiger partial charge in [0.05, 0.1) is 46.8 Å². The quantitative estimate of drug-likeness (QED) is 0.728. The van der Waals surface area contributed by atoms with Gasteiger partial charge in [0.1, 0.15) is 5.76 Å². The zero-order valence-corrected chi connectivity index (χ0v) is 14.8. The lowest BCUT2D eigenvalue weighted by Crippen LogP contribution is -2.24. The van der Waals surface area contributed by atoms with Crippen LogP contribution in [0.4, 0.5) is 0 Å². The first-order valence-corrected chi connectivity index (χ1v) is 8.59. The number of aromatic nitrogens is 5. The minimum absolute atomic E-state index is 0.273. The average Bonchev–Trinajstić information content (AvgIpc) is 3.30. The first kappa shape index (κ1) is 16.0. The molecule has 1 saturated heterocycles. The topological polar surface area (TPSA) is 72.9 Å². The number of aryl methyl sites for hydroxylation is 3. The smallest absolute Gasteiger partial charge is 0.143 e. The Hall–Kier alpha value is -2.54. The summed E-state index contributed by atoms with van der Waals surface area (Å²) in [6.07, 6.45) is 7.90. The summed E-state index contributed by atoms with van der Waals surface area (Å²) in [6, 6.07) is 2.34. The van der Waals surface area contributed by atoms with Crippen molar-refractivity contribution in [3.05, 3.63) is 47.5 Å². The van der Waals surface area contributed by atoms with E-state index >= 15 is 0 Å². The summed E-state index contributed by atoms with van der Waals surface area (Å²) in [5.74, 6) is 0.778. The highest BCUT2D eigenvalue weighted by atomic mass is 16.5. The van der Waals surface area contributed by atoms with E-state index in [9.17, 15) is 0 Å². The fourth-order valence-electron chi connectivity index (χ4n) is 3.62. The Kier molecular flexibility index (Phi) is 4.09. The van der Waals surface area contributed by atoms with Crippen LogP contribution in [-0.4, -0.2) is 36.3 Å². The predicted molar refractivity (Wildman–Crippen MR) is 92.6 cm³/mol. The zero-order valence-electron chi connectivity index (χ0n) is 14.8. The van der Waals surface area contributed by atoms with Crippen LogP contribution in [0.1, 0.15) is 41.7 Å². The summed E-state index contributed by atoms with van der Waals surface area (Å²) in [6.45, 7) is 5.73. The SMILES string of the molecule is Cc1noc(C)c1-c1cncc(C2CCCN2Cc2ccn(C)n2)n1. The summed E-state index contributed by atoms with van der Waals surface area (Å²) >= 11 is 0. The summed E-state index contributed by atoms with van der Waals surface area (Å²) < 4.78 is 7.12. The van der Waals surface area contributed by atoms with Crippen molar-refractivity contribution in [3.63, 3.8) is 0 Å². The highest BCUT2D eigenvalue weighted by molar-refractivity contribution is 5.62. The molecule has 1 aliphatic heterocycles. The lowest BCUT2D eigenvalue weighted by atomic mass is 10.1. The van der Waals surface area contributed by atoms with Gasteiger partial charge < -0.3 is 4.52 Å². The molecule has 0 aromatic carbocycles. The van der Waals surface area contributed by atoms with Crippen molar-refractivity contribution in [3.8, 4) is 11.3 Å². The van der Waals surface area contributed by atoms with Crippen molar-refractivity contribution in [1.82, 2.24) is 29.8 Å². The molecule has 0 spiro atoms. The minimum Gasteiger partial charge on any atom is -0.361 e. The lowest BCUT2D eigenvalue weighted by Gasteiger charge is -2.23. The van der Waals surface area contributed by atoms with E-state index in [2.05, 4.69) is 26.2 Å². The van der Waals surface area contributed by atoms with Crippen molar-refractivity contribution >= 4 is 0 Å². The standard InChI is InChI=1S/C18H22N6O/c1-12-18(13(2)25-22-12)16-10-19-9-15(20-16)17-5-4-7-24(17)11-14-6-8-23(3)21-14/h6,8-10,17H,4-5,7,11H2,1-3H3. The Morgan fingerprint density at radius 3 is 2.88 bits per heavy atom. The van der Waals surface area contributed by atoms with Gasteiger partial charge in [0.15, 0.2) is 0 Å². The van der Waals surface area contributed by atoms with Gasteiger partial charge in [-0.25, -0.2) is 4.98 Å². The molecule has 0 bridgehead atoms. The van der Waals surface area contributed by atoms with Crippen LogP contribution < -0.4 is 0 Å². The predicted octanol–water partition coefficient (Wildman–Crippen LogP) is 2.82. The lowest BCUT2D eigenvalue weighted by molar-refractivity contribution is 0.240. The van der Waals surface area contributed by atoms with E-state index in [0.717, 1.165) is 60.0 Å². The first-order chi connectivity index (χ1) is 12.1. The molecule has 0 aliphatic carbocycles. The molecule has 130 valence electrons. The van der Waals surface area contributed by atoms with E-state index in [1.165, 1.54) is 0 Å². The van der Waals surface area contributed by atoms with Gasteiger partial charge in [-0.2, -0.15) is 5.10 Å². The van der Waals surface area contributed by atoms with Gasteiger partial charge >= 0.3 is 0 Å². The maximum Gasteiger partial charge on any atom is 0.143 e. The van der Waals surface area contributed by atoms with Gasteiger partial charge in [0, 0.05) is 19.8 Å². The molecular formula is C18H22N6O. The maximum atomic E-state index is 5.28. The van der Waals surface area contributed by atoms with Crippen LogP contribution in [0.2, 0.25) is 0 Å². The van der Waals surface area contributed by atoms with Crippen LogP contribution in [0.15, 0.2) is 29.2 Å². The highest BCUT2D eigenvalue weighted by Crippen LogP contribution is 2.33. The third kappa shape index (κ3) is 3.07. The van der Waals surface area contributed by atoms with Gasteiger partial charge in [0.2, 0.25) is 0 Å². The van der Waals surface area contributed by atoms with Gasteiger partial charge in [0.25, 0.3) is 0 Å². The van der Waals surface area contributed by atoms with Crippen LogP contribution >= 0.6 is 0 Å². The number of nitrogens with zero attached hydrogens (tertiary/aromatic N) is 6. The van der Waals surface area contributed by atoms with Gasteiger partial charge in [-0.05, 0) is 39.3 Å². The number of hydrogen-bond donors (Lipinski definition) is 0. The summed E-state index contributed by atoms with van der Waals surface area (Å²) in [7, 11) is 1.95. The van der Waals surface area contributed by atoms with Crippen LogP contribution in [0, 0.1) is 13.8 Å². The molecule has 25 heavy (non-hydrogen) atoms. The van der Waals surface area contributed by atoms with Crippen LogP contribution in [-0.2, 0) is 13.6 Å². The zero-order chi connectivity index (χ0) is 17.4. The van der Waals surface area contributed by atoms with Crippen molar-refractivity contribution < 1.29 is 4.52 Å². The Morgan fingerprint density at radius 1 is 1.28 bits per heavy atom. The van der Waals surface area contributed by atoms with E-state index in [4.69, 9.17) is 9.51 Å². The molecule has 4 rings (SSSR count). The molecule has 0 saturated carbocycles. The molecule has 0 radical (unpaired) electrons. The van der Waals surface area contributed by atoms with Gasteiger partial charge in [-0.3, -0.25) is 14.6 Å². The van der Waals surface area contributed by atoms with E-state index in [0.29, 0.717) is 0 Å². The van der Waals surface area contributed by atoms with Crippen molar-refractivity contribution in [2.24, 2.45) is 7.05 Å².